The van der Waals surface area contributed by atoms with Gasteiger partial charge in [-0.2, -0.15) is 0 Å². The molecular weight excluding hydrogens is 488 g/mol. The van der Waals surface area contributed by atoms with E-state index in [-0.39, 0.29) is 23.8 Å². The average Bonchev–Trinajstić information content (AvgIpc) is 3.21. The Balaban J connectivity index is 1.34. The lowest BCUT2D eigenvalue weighted by Crippen LogP contribution is -2.41. The lowest BCUT2D eigenvalue weighted by molar-refractivity contribution is -0.389. The van der Waals surface area contributed by atoms with Gasteiger partial charge in [0.2, 0.25) is 0 Å². The van der Waals surface area contributed by atoms with Crippen molar-refractivity contribution < 1.29 is 24.3 Å². The molecule has 1 fully saturated rings. The van der Waals surface area contributed by atoms with Gasteiger partial charge in [0.25, 0.3) is 0 Å². The molecule has 198 valence electrons. The van der Waals surface area contributed by atoms with E-state index in [1.54, 1.807) is 4.90 Å². The molecule has 10 nitrogen and oxygen atoms in total. The third kappa shape index (κ3) is 8.67. The van der Waals surface area contributed by atoms with Gasteiger partial charge < -0.3 is 29.6 Å². The molecule has 1 amide bonds. The summed E-state index contributed by atoms with van der Waals surface area (Å²) >= 11 is 5.89. The molecule has 2 heterocycles. The maximum Gasteiger partial charge on any atom is 0.410 e. The smallest absolute Gasteiger partial charge is 0.410 e. The Hall–Kier alpha value is -2.85. The number of aromatic nitrogens is 2. The summed E-state index contributed by atoms with van der Waals surface area (Å²) < 4.78 is 12.6. The second kappa shape index (κ2) is 12.4. The van der Waals surface area contributed by atoms with Crippen molar-refractivity contribution in [3.8, 4) is 5.75 Å². The Morgan fingerprint density at radius 3 is 2.53 bits per heavy atom. The Morgan fingerprint density at radius 1 is 1.28 bits per heavy atom. The van der Waals surface area contributed by atoms with Gasteiger partial charge in [0.05, 0.1) is 6.10 Å². The van der Waals surface area contributed by atoms with Crippen molar-refractivity contribution in [3.63, 3.8) is 0 Å². The molecule has 1 aromatic heterocycles. The first-order chi connectivity index (χ1) is 17.0. The molecule has 0 saturated carbocycles. The summed E-state index contributed by atoms with van der Waals surface area (Å²) in [7, 11) is 0. The molecule has 1 N–H and O–H groups in total. The number of piperidine rings is 1. The molecule has 1 aromatic carbocycles. The highest BCUT2D eigenvalue weighted by Crippen LogP contribution is 2.24. The number of amides is 1. The van der Waals surface area contributed by atoms with Crippen LogP contribution >= 0.6 is 11.6 Å². The lowest BCUT2D eigenvalue weighted by Gasteiger charge is -2.33. The van der Waals surface area contributed by atoms with Crippen LogP contribution in [-0.4, -0.2) is 62.0 Å². The van der Waals surface area contributed by atoms with Crippen LogP contribution in [0.25, 0.3) is 0 Å². The Bertz CT molecular complexity index is 1010. The van der Waals surface area contributed by atoms with Crippen LogP contribution in [0.2, 0.25) is 5.28 Å². The fourth-order valence-corrected chi connectivity index (χ4v) is 4.26. The summed E-state index contributed by atoms with van der Waals surface area (Å²) in [5, 5.41) is 21.0. The van der Waals surface area contributed by atoms with Crippen LogP contribution in [0.1, 0.15) is 52.0 Å². The normalized spacial score (nSPS) is 15.5. The van der Waals surface area contributed by atoms with E-state index in [0.29, 0.717) is 24.6 Å². The number of hydrogen-bond acceptors (Lipinski definition) is 7. The first kappa shape index (κ1) is 27.7. The maximum atomic E-state index is 12.2. The summed E-state index contributed by atoms with van der Waals surface area (Å²) in [6.45, 7) is 7.51. The van der Waals surface area contributed by atoms with Crippen molar-refractivity contribution in [1.29, 1.82) is 0 Å². The Labute approximate surface area is 216 Å². The first-order valence-electron chi connectivity index (χ1n) is 12.2. The lowest BCUT2D eigenvalue weighted by atomic mass is 9.90. The number of carbonyl (C=O) groups excluding carboxylic acids is 1. The van der Waals surface area contributed by atoms with Crippen molar-refractivity contribution in [2.75, 3.05) is 19.7 Å². The number of imidazole rings is 1. The summed E-state index contributed by atoms with van der Waals surface area (Å²) in [5.74, 6) is 0.928. The van der Waals surface area contributed by atoms with Crippen molar-refractivity contribution in [2.45, 2.75) is 71.1 Å². The molecule has 1 atom stereocenters. The molecular formula is C25H35ClN4O6. The largest absolute Gasteiger partial charge is 0.491 e. The molecule has 1 aliphatic rings. The van der Waals surface area contributed by atoms with Crippen LogP contribution in [0, 0.1) is 16.0 Å². The molecule has 3 rings (SSSR count). The topological polar surface area (TPSA) is 120 Å². The van der Waals surface area contributed by atoms with Crippen molar-refractivity contribution in [2.24, 2.45) is 5.92 Å². The number of carbonyl (C=O) groups is 1. The second-order valence-corrected chi connectivity index (χ2v) is 10.5. The molecule has 36 heavy (non-hydrogen) atoms. The van der Waals surface area contributed by atoms with Gasteiger partial charge in [0, 0.05) is 19.6 Å². The van der Waals surface area contributed by atoms with Gasteiger partial charge in [0.1, 0.15) is 24.2 Å². The molecule has 1 saturated heterocycles. The van der Waals surface area contributed by atoms with Crippen LogP contribution in [-0.2, 0) is 17.7 Å². The molecule has 0 spiro atoms. The average molecular weight is 523 g/mol. The molecule has 11 heteroatoms. The minimum atomic E-state index is -0.756. The number of benzene rings is 1. The number of aliphatic hydroxyl groups is 1. The molecule has 0 aliphatic carbocycles. The quantitative estimate of drug-likeness (QED) is 0.349. The minimum Gasteiger partial charge on any atom is -0.491 e. The van der Waals surface area contributed by atoms with Gasteiger partial charge >= 0.3 is 17.2 Å². The third-order valence-electron chi connectivity index (χ3n) is 6.08. The van der Waals surface area contributed by atoms with Gasteiger partial charge in [-0.15, -0.1) is 0 Å². The summed E-state index contributed by atoms with van der Waals surface area (Å²) in [4.78, 5) is 27.8. The van der Waals surface area contributed by atoms with Crippen LogP contribution in [0.3, 0.4) is 0 Å². The monoisotopic (exact) mass is 522 g/mol. The highest BCUT2D eigenvalue weighted by Gasteiger charge is 2.26. The van der Waals surface area contributed by atoms with E-state index < -0.39 is 16.6 Å². The maximum absolute atomic E-state index is 12.2. The molecule has 0 radical (unpaired) electrons. The summed E-state index contributed by atoms with van der Waals surface area (Å²) in [6.07, 6.45) is 4.57. The number of aliphatic hydroxyl groups excluding tert-OH is 1. The number of hydrogen-bond donors (Lipinski definition) is 1. The van der Waals surface area contributed by atoms with Crippen molar-refractivity contribution in [3.05, 3.63) is 51.4 Å². The van der Waals surface area contributed by atoms with E-state index in [1.165, 1.54) is 16.3 Å². The number of aryl methyl sites for hydroxylation is 2. The fourth-order valence-electron chi connectivity index (χ4n) is 4.04. The van der Waals surface area contributed by atoms with E-state index in [2.05, 4.69) is 4.98 Å². The molecule has 2 aromatic rings. The van der Waals surface area contributed by atoms with Gasteiger partial charge in [-0.05, 0) is 98.0 Å². The number of ether oxygens (including phenoxy) is 2. The highest BCUT2D eigenvalue weighted by atomic mass is 35.5. The SMILES string of the molecule is CC(C)(C)OC(=O)N1CCC(CCc2ccc(OCC(O)CCn3cc([N+](=O)[O-])nc3Cl)cc2)CC1. The number of halogens is 1. The number of nitro groups is 1. The van der Waals surface area contributed by atoms with Gasteiger partial charge in [0.15, 0.2) is 0 Å². The van der Waals surface area contributed by atoms with E-state index in [0.717, 1.165) is 38.8 Å². The Kier molecular flexibility index (Phi) is 9.56. The predicted octanol–water partition coefficient (Wildman–Crippen LogP) is 4.85. The molecule has 1 unspecified atom stereocenters. The first-order valence-corrected chi connectivity index (χ1v) is 12.6. The number of nitrogens with zero attached hydrogens (tertiary/aromatic N) is 4. The summed E-state index contributed by atoms with van der Waals surface area (Å²) in [6, 6.07) is 7.84. The minimum absolute atomic E-state index is 0.0130. The fraction of sp³-hybridized carbons (Fsp3) is 0.600. The van der Waals surface area contributed by atoms with Crippen LogP contribution in [0.4, 0.5) is 10.6 Å². The zero-order chi connectivity index (χ0) is 26.3. The zero-order valence-corrected chi connectivity index (χ0v) is 21.8. The van der Waals surface area contributed by atoms with E-state index >= 15 is 0 Å². The highest BCUT2D eigenvalue weighted by molar-refractivity contribution is 6.28. The van der Waals surface area contributed by atoms with E-state index in [9.17, 15) is 20.0 Å². The van der Waals surface area contributed by atoms with Crippen molar-refractivity contribution in [1.82, 2.24) is 14.5 Å². The number of rotatable bonds is 10. The molecule has 0 bridgehead atoms. The zero-order valence-electron chi connectivity index (χ0n) is 21.1. The predicted molar refractivity (Wildman–Crippen MR) is 135 cm³/mol. The van der Waals surface area contributed by atoms with Crippen LogP contribution in [0.5, 0.6) is 5.75 Å². The van der Waals surface area contributed by atoms with Crippen molar-refractivity contribution >= 4 is 23.5 Å². The Morgan fingerprint density at radius 2 is 1.94 bits per heavy atom. The van der Waals surface area contributed by atoms with E-state index in [4.69, 9.17) is 21.1 Å². The number of likely N-dealkylation sites (tertiary alicyclic amines) is 1. The van der Waals surface area contributed by atoms with E-state index in [1.807, 2.05) is 45.0 Å². The second-order valence-electron chi connectivity index (χ2n) is 10.2. The van der Waals surface area contributed by atoms with Gasteiger partial charge in [-0.1, -0.05) is 12.1 Å². The third-order valence-corrected chi connectivity index (χ3v) is 6.38. The van der Waals surface area contributed by atoms with Gasteiger partial charge in [-0.3, -0.25) is 4.57 Å². The van der Waals surface area contributed by atoms with Crippen LogP contribution in [0.15, 0.2) is 30.5 Å². The van der Waals surface area contributed by atoms with Gasteiger partial charge in [-0.25, -0.2) is 4.79 Å². The van der Waals surface area contributed by atoms with Crippen LogP contribution < -0.4 is 4.74 Å². The molecule has 1 aliphatic heterocycles. The summed E-state index contributed by atoms with van der Waals surface area (Å²) in [5.41, 5.74) is 0.746. The standard InChI is InChI=1S/C25H35ClN4O6/c1-25(2,3)36-24(32)28-13-10-19(11-14-28)5-4-18-6-8-21(9-7-18)35-17-20(31)12-15-29-16-22(30(33)34)27-23(29)26/h6-9,16,19-20,31H,4-5,10-15,17H2,1-3H3.